The molecule has 0 aliphatic rings. The Morgan fingerprint density at radius 3 is 2.78 bits per heavy atom. The number of hydrogen-bond donors (Lipinski definition) is 1. The highest BCUT2D eigenvalue weighted by Crippen LogP contribution is 2.26. The number of halogens is 1. The molecule has 0 saturated heterocycles. The highest BCUT2D eigenvalue weighted by Gasteiger charge is 2.11. The number of carbonyl (C=O) groups is 1. The fourth-order valence-corrected chi connectivity index (χ4v) is 1.75. The zero-order valence-corrected chi connectivity index (χ0v) is 11.4. The standard InChI is InChI=1S/C13H18ClNO3/c1-9(2)18-13(16)8-17-12-5-3-4-11(14)10(12)6-7-15/h3-5,9H,6-8,15H2,1-2H3. The van der Waals surface area contributed by atoms with Gasteiger partial charge >= 0.3 is 5.97 Å². The lowest BCUT2D eigenvalue weighted by Gasteiger charge is -2.13. The Kier molecular flexibility index (Phi) is 5.95. The molecule has 1 aromatic rings. The second kappa shape index (κ2) is 7.24. The van der Waals surface area contributed by atoms with E-state index >= 15 is 0 Å². The quantitative estimate of drug-likeness (QED) is 0.806. The molecular weight excluding hydrogens is 254 g/mol. The number of benzene rings is 1. The molecule has 0 heterocycles. The molecular formula is C13H18ClNO3. The molecule has 2 N–H and O–H groups in total. The van der Waals surface area contributed by atoms with E-state index in [9.17, 15) is 4.79 Å². The third kappa shape index (κ3) is 4.55. The van der Waals surface area contributed by atoms with Gasteiger partial charge in [0.2, 0.25) is 0 Å². The van der Waals surface area contributed by atoms with Gasteiger partial charge in [-0.05, 0) is 38.9 Å². The van der Waals surface area contributed by atoms with Gasteiger partial charge in [0, 0.05) is 10.6 Å². The number of hydrogen-bond acceptors (Lipinski definition) is 4. The number of carbonyl (C=O) groups excluding carboxylic acids is 1. The van der Waals surface area contributed by atoms with Gasteiger partial charge in [0.05, 0.1) is 6.10 Å². The van der Waals surface area contributed by atoms with Crippen LogP contribution in [0, 0.1) is 0 Å². The van der Waals surface area contributed by atoms with Gasteiger partial charge in [-0.1, -0.05) is 17.7 Å². The SMILES string of the molecule is CC(C)OC(=O)COc1cccc(Cl)c1CCN. The molecule has 100 valence electrons. The minimum absolute atomic E-state index is 0.129. The first-order valence-electron chi connectivity index (χ1n) is 5.84. The normalized spacial score (nSPS) is 10.5. The fraction of sp³-hybridized carbons (Fsp3) is 0.462. The molecule has 5 heteroatoms. The van der Waals surface area contributed by atoms with Crippen LogP contribution in [-0.2, 0) is 16.0 Å². The molecule has 0 amide bonds. The molecule has 4 nitrogen and oxygen atoms in total. The Morgan fingerprint density at radius 2 is 2.17 bits per heavy atom. The topological polar surface area (TPSA) is 61.5 Å². The van der Waals surface area contributed by atoms with Crippen molar-refractivity contribution >= 4 is 17.6 Å². The summed E-state index contributed by atoms with van der Waals surface area (Å²) in [5.41, 5.74) is 6.33. The van der Waals surface area contributed by atoms with Crippen LogP contribution in [0.4, 0.5) is 0 Å². The predicted molar refractivity (Wildman–Crippen MR) is 70.9 cm³/mol. The molecule has 0 atom stereocenters. The van der Waals surface area contributed by atoms with Crippen LogP contribution in [0.2, 0.25) is 5.02 Å². The van der Waals surface area contributed by atoms with Crippen LogP contribution in [0.1, 0.15) is 19.4 Å². The lowest BCUT2D eigenvalue weighted by molar-refractivity contribution is -0.149. The Balaban J connectivity index is 2.66. The summed E-state index contributed by atoms with van der Waals surface area (Å²) < 4.78 is 10.4. The maximum Gasteiger partial charge on any atom is 0.344 e. The van der Waals surface area contributed by atoms with E-state index in [0.29, 0.717) is 23.7 Å². The molecule has 0 fully saturated rings. The van der Waals surface area contributed by atoms with Gasteiger partial charge in [-0.2, -0.15) is 0 Å². The zero-order chi connectivity index (χ0) is 13.5. The van der Waals surface area contributed by atoms with Crippen LogP contribution < -0.4 is 10.5 Å². The summed E-state index contributed by atoms with van der Waals surface area (Å²) in [6.07, 6.45) is 0.456. The van der Waals surface area contributed by atoms with E-state index in [0.717, 1.165) is 5.56 Å². The number of rotatable bonds is 6. The Morgan fingerprint density at radius 1 is 1.44 bits per heavy atom. The molecule has 0 saturated carbocycles. The summed E-state index contributed by atoms with van der Waals surface area (Å²) in [4.78, 5) is 11.4. The van der Waals surface area contributed by atoms with Crippen molar-refractivity contribution in [3.63, 3.8) is 0 Å². The van der Waals surface area contributed by atoms with E-state index in [-0.39, 0.29) is 12.7 Å². The van der Waals surface area contributed by atoms with Crippen LogP contribution in [-0.4, -0.2) is 25.2 Å². The highest BCUT2D eigenvalue weighted by molar-refractivity contribution is 6.31. The molecule has 0 aromatic heterocycles. The summed E-state index contributed by atoms with van der Waals surface area (Å²) in [6.45, 7) is 3.92. The van der Waals surface area contributed by atoms with E-state index < -0.39 is 5.97 Å². The molecule has 1 aromatic carbocycles. The molecule has 0 bridgehead atoms. The van der Waals surface area contributed by atoms with E-state index in [4.69, 9.17) is 26.8 Å². The van der Waals surface area contributed by atoms with Crippen molar-refractivity contribution < 1.29 is 14.3 Å². The fourth-order valence-electron chi connectivity index (χ4n) is 1.49. The van der Waals surface area contributed by atoms with Crippen molar-refractivity contribution in [2.24, 2.45) is 5.73 Å². The first-order valence-corrected chi connectivity index (χ1v) is 6.22. The molecule has 0 aliphatic carbocycles. The summed E-state index contributed by atoms with van der Waals surface area (Å²) in [6, 6.07) is 5.30. The van der Waals surface area contributed by atoms with Gasteiger partial charge in [0.1, 0.15) is 5.75 Å². The average Bonchev–Trinajstić information content (AvgIpc) is 2.29. The van der Waals surface area contributed by atoms with Crippen molar-refractivity contribution in [2.75, 3.05) is 13.2 Å². The van der Waals surface area contributed by atoms with Crippen molar-refractivity contribution in [1.29, 1.82) is 0 Å². The molecule has 0 aliphatic heterocycles. The Labute approximate surface area is 112 Å². The molecule has 1 rings (SSSR count). The molecule has 0 radical (unpaired) electrons. The predicted octanol–water partition coefficient (Wildman–Crippen LogP) is 2.17. The Bertz CT molecular complexity index is 407. The van der Waals surface area contributed by atoms with E-state index in [1.54, 1.807) is 32.0 Å². The van der Waals surface area contributed by atoms with Gasteiger partial charge in [-0.15, -0.1) is 0 Å². The molecule has 0 unspecified atom stereocenters. The van der Waals surface area contributed by atoms with Crippen molar-refractivity contribution in [2.45, 2.75) is 26.4 Å². The number of ether oxygens (including phenoxy) is 2. The number of esters is 1. The molecule has 0 spiro atoms. The van der Waals surface area contributed by atoms with E-state index in [2.05, 4.69) is 0 Å². The lowest BCUT2D eigenvalue weighted by atomic mass is 10.1. The smallest absolute Gasteiger partial charge is 0.344 e. The molecule has 18 heavy (non-hydrogen) atoms. The van der Waals surface area contributed by atoms with Gasteiger partial charge in [-0.25, -0.2) is 4.79 Å². The summed E-state index contributed by atoms with van der Waals surface area (Å²) >= 11 is 6.06. The zero-order valence-electron chi connectivity index (χ0n) is 10.6. The minimum atomic E-state index is -0.399. The second-order valence-electron chi connectivity index (χ2n) is 4.08. The van der Waals surface area contributed by atoms with Crippen LogP contribution in [0.25, 0.3) is 0 Å². The maximum atomic E-state index is 11.4. The number of nitrogens with two attached hydrogens (primary N) is 1. The Hall–Kier alpha value is -1.26. The van der Waals surface area contributed by atoms with E-state index in [1.807, 2.05) is 0 Å². The van der Waals surface area contributed by atoms with Crippen LogP contribution in [0.15, 0.2) is 18.2 Å². The largest absolute Gasteiger partial charge is 0.482 e. The van der Waals surface area contributed by atoms with Crippen LogP contribution >= 0.6 is 11.6 Å². The van der Waals surface area contributed by atoms with Crippen molar-refractivity contribution in [3.8, 4) is 5.75 Å². The summed E-state index contributed by atoms with van der Waals surface area (Å²) in [7, 11) is 0. The van der Waals surface area contributed by atoms with Gasteiger partial charge in [-0.3, -0.25) is 0 Å². The summed E-state index contributed by atoms with van der Waals surface area (Å²) in [5.74, 6) is 0.178. The van der Waals surface area contributed by atoms with Crippen molar-refractivity contribution in [1.82, 2.24) is 0 Å². The maximum absolute atomic E-state index is 11.4. The van der Waals surface area contributed by atoms with Crippen LogP contribution in [0.5, 0.6) is 5.75 Å². The summed E-state index contributed by atoms with van der Waals surface area (Å²) in [5, 5.41) is 0.593. The highest BCUT2D eigenvalue weighted by atomic mass is 35.5. The average molecular weight is 272 g/mol. The monoisotopic (exact) mass is 271 g/mol. The van der Waals surface area contributed by atoms with Crippen LogP contribution in [0.3, 0.4) is 0 Å². The van der Waals surface area contributed by atoms with Crippen molar-refractivity contribution in [3.05, 3.63) is 28.8 Å². The third-order valence-electron chi connectivity index (χ3n) is 2.18. The van der Waals surface area contributed by atoms with Gasteiger partial charge in [0.25, 0.3) is 0 Å². The third-order valence-corrected chi connectivity index (χ3v) is 2.54. The first kappa shape index (κ1) is 14.8. The minimum Gasteiger partial charge on any atom is -0.482 e. The first-order chi connectivity index (χ1) is 8.54. The van der Waals surface area contributed by atoms with Gasteiger partial charge < -0.3 is 15.2 Å². The lowest BCUT2D eigenvalue weighted by Crippen LogP contribution is -2.19. The van der Waals surface area contributed by atoms with E-state index in [1.165, 1.54) is 0 Å². The second-order valence-corrected chi connectivity index (χ2v) is 4.49. The van der Waals surface area contributed by atoms with Gasteiger partial charge in [0.15, 0.2) is 6.61 Å².